The molecule has 0 bridgehead atoms. The van der Waals surface area contributed by atoms with Gasteiger partial charge in [0, 0.05) is 30.8 Å². The van der Waals surface area contributed by atoms with E-state index in [0.717, 1.165) is 23.3 Å². The van der Waals surface area contributed by atoms with Gasteiger partial charge in [-0.05, 0) is 36.2 Å². The molecule has 8 heteroatoms. The Kier molecular flexibility index (Phi) is 4.68. The summed E-state index contributed by atoms with van der Waals surface area (Å²) < 4.78 is 43.0. The predicted molar refractivity (Wildman–Crippen MR) is 95.4 cm³/mol. The number of hydrogen-bond acceptors (Lipinski definition) is 4. The van der Waals surface area contributed by atoms with E-state index in [0.29, 0.717) is 13.1 Å². The third kappa shape index (κ3) is 3.29. The van der Waals surface area contributed by atoms with Crippen molar-refractivity contribution >= 4 is 0 Å². The van der Waals surface area contributed by atoms with Crippen molar-refractivity contribution in [2.24, 2.45) is 0 Å². The Morgan fingerprint density at radius 2 is 1.79 bits per heavy atom. The summed E-state index contributed by atoms with van der Waals surface area (Å²) in [4.78, 5) is 5.80. The molecular formula is C20H19F3N4O. The maximum atomic E-state index is 14.6. The molecule has 1 aliphatic rings. The minimum Gasteiger partial charge on any atom is -0.381 e. The average Bonchev–Trinajstić information content (AvgIpc) is 3.29. The van der Waals surface area contributed by atoms with Crippen molar-refractivity contribution in [3.63, 3.8) is 0 Å². The zero-order valence-corrected chi connectivity index (χ0v) is 15.2. The van der Waals surface area contributed by atoms with E-state index in [1.54, 1.807) is 13.0 Å². The Labute approximate surface area is 160 Å². The van der Waals surface area contributed by atoms with E-state index in [1.165, 1.54) is 35.5 Å². The third-order valence-corrected chi connectivity index (χ3v) is 5.42. The third-order valence-electron chi connectivity index (χ3n) is 5.42. The number of fused-ring (bicyclic) bond motifs is 1. The number of benzene rings is 2. The van der Waals surface area contributed by atoms with Gasteiger partial charge in [0.25, 0.3) is 0 Å². The van der Waals surface area contributed by atoms with Gasteiger partial charge in [0.2, 0.25) is 0 Å². The summed E-state index contributed by atoms with van der Waals surface area (Å²) in [6, 6.07) is 7.12. The Morgan fingerprint density at radius 1 is 1.07 bits per heavy atom. The summed E-state index contributed by atoms with van der Waals surface area (Å²) in [7, 11) is 0. The predicted octanol–water partition coefficient (Wildman–Crippen LogP) is 2.99. The molecule has 0 saturated carbocycles. The maximum absolute atomic E-state index is 14.6. The highest BCUT2D eigenvalue weighted by Crippen LogP contribution is 2.36. The van der Waals surface area contributed by atoms with Crippen LogP contribution in [0.3, 0.4) is 0 Å². The Bertz CT molecular complexity index is 995. The lowest BCUT2D eigenvalue weighted by atomic mass is 9.85. The van der Waals surface area contributed by atoms with E-state index in [1.807, 2.05) is 4.90 Å². The van der Waals surface area contributed by atoms with Crippen LogP contribution < -0.4 is 0 Å². The van der Waals surface area contributed by atoms with Crippen LogP contribution in [0.4, 0.5) is 13.2 Å². The molecule has 4 rings (SSSR count). The molecule has 0 unspecified atom stereocenters. The second-order valence-corrected chi connectivity index (χ2v) is 7.14. The maximum Gasteiger partial charge on any atom is 0.137 e. The largest absolute Gasteiger partial charge is 0.381 e. The van der Waals surface area contributed by atoms with Crippen LogP contribution in [0.5, 0.6) is 0 Å². The monoisotopic (exact) mass is 388 g/mol. The quantitative estimate of drug-likeness (QED) is 0.730. The summed E-state index contributed by atoms with van der Waals surface area (Å²) in [5.74, 6) is -1.88. The van der Waals surface area contributed by atoms with Crippen molar-refractivity contribution in [3.8, 4) is 0 Å². The van der Waals surface area contributed by atoms with Gasteiger partial charge in [0.1, 0.15) is 35.7 Å². The number of hydrogen-bond donors (Lipinski definition) is 1. The van der Waals surface area contributed by atoms with Crippen LogP contribution in [0.2, 0.25) is 0 Å². The molecule has 0 spiro atoms. The molecule has 1 aliphatic heterocycles. The molecule has 0 saturated heterocycles. The van der Waals surface area contributed by atoms with Gasteiger partial charge in [0.05, 0.1) is 6.54 Å². The first-order valence-corrected chi connectivity index (χ1v) is 8.88. The molecule has 2 heterocycles. The minimum atomic E-state index is -1.72. The molecule has 3 aromatic rings. The smallest absolute Gasteiger partial charge is 0.137 e. The number of aliphatic hydroxyl groups is 1. The molecule has 28 heavy (non-hydrogen) atoms. The first kappa shape index (κ1) is 18.6. The molecule has 0 aliphatic carbocycles. The molecule has 146 valence electrons. The van der Waals surface area contributed by atoms with Gasteiger partial charge < -0.3 is 5.11 Å². The number of rotatable bonds is 5. The van der Waals surface area contributed by atoms with E-state index in [9.17, 15) is 18.3 Å². The SMILES string of the molecule is C[C@@H](N1Cc2ccc(F)cc2C1)[C@](O)(Cn1cncn1)c1ccc(F)cc1F. The molecular weight excluding hydrogens is 369 g/mol. The summed E-state index contributed by atoms with van der Waals surface area (Å²) in [5, 5.41) is 15.6. The van der Waals surface area contributed by atoms with E-state index in [-0.39, 0.29) is 17.9 Å². The average molecular weight is 388 g/mol. The topological polar surface area (TPSA) is 54.2 Å². The summed E-state index contributed by atoms with van der Waals surface area (Å²) in [6.45, 7) is 2.59. The van der Waals surface area contributed by atoms with Crippen molar-refractivity contribution in [3.05, 3.63) is 83.2 Å². The first-order valence-electron chi connectivity index (χ1n) is 8.88. The highest BCUT2D eigenvalue weighted by molar-refractivity contribution is 5.33. The van der Waals surface area contributed by atoms with E-state index in [4.69, 9.17) is 0 Å². The zero-order chi connectivity index (χ0) is 19.9. The highest BCUT2D eigenvalue weighted by Gasteiger charge is 2.43. The van der Waals surface area contributed by atoms with E-state index >= 15 is 0 Å². The number of nitrogens with zero attached hydrogens (tertiary/aromatic N) is 4. The van der Waals surface area contributed by atoms with Crippen LogP contribution >= 0.6 is 0 Å². The van der Waals surface area contributed by atoms with E-state index in [2.05, 4.69) is 10.1 Å². The molecule has 2 aromatic carbocycles. The number of aromatic nitrogens is 3. The van der Waals surface area contributed by atoms with Gasteiger partial charge >= 0.3 is 0 Å². The number of halogens is 3. The summed E-state index contributed by atoms with van der Waals surface area (Å²) >= 11 is 0. The lowest BCUT2D eigenvalue weighted by Gasteiger charge is -2.39. The van der Waals surface area contributed by atoms with Crippen molar-refractivity contribution in [2.45, 2.75) is 38.2 Å². The molecule has 0 amide bonds. The second-order valence-electron chi connectivity index (χ2n) is 7.14. The normalized spacial score (nSPS) is 17.3. The van der Waals surface area contributed by atoms with E-state index < -0.39 is 23.3 Å². The van der Waals surface area contributed by atoms with Gasteiger partial charge in [-0.15, -0.1) is 0 Å². The standard InChI is InChI=1S/C20H19F3N4O/c1-13(26-8-14-2-3-16(21)6-15(14)9-26)20(28,10-27-12-24-11-25-27)18-5-4-17(22)7-19(18)23/h2-7,11-13,28H,8-10H2,1H3/t13-,20-/m1/s1. The van der Waals surface area contributed by atoms with Gasteiger partial charge in [0.15, 0.2) is 0 Å². The fraction of sp³-hybridized carbons (Fsp3) is 0.300. The molecule has 2 atom stereocenters. The summed E-state index contributed by atoms with van der Waals surface area (Å²) in [6.07, 6.45) is 2.74. The van der Waals surface area contributed by atoms with Gasteiger partial charge in [-0.25, -0.2) is 22.8 Å². The van der Waals surface area contributed by atoms with Crippen LogP contribution in [-0.4, -0.2) is 30.8 Å². The van der Waals surface area contributed by atoms with Crippen LogP contribution in [0, 0.1) is 17.5 Å². The second kappa shape index (κ2) is 7.03. The molecule has 1 aromatic heterocycles. The molecule has 5 nitrogen and oxygen atoms in total. The lowest BCUT2D eigenvalue weighted by molar-refractivity contribution is -0.0657. The zero-order valence-electron chi connectivity index (χ0n) is 15.2. The fourth-order valence-electron chi connectivity index (χ4n) is 3.81. The van der Waals surface area contributed by atoms with Gasteiger partial charge in [-0.3, -0.25) is 4.90 Å². The van der Waals surface area contributed by atoms with Crippen molar-refractivity contribution in [1.82, 2.24) is 19.7 Å². The first-order chi connectivity index (χ1) is 13.4. The van der Waals surface area contributed by atoms with Crippen LogP contribution in [0.15, 0.2) is 49.1 Å². The van der Waals surface area contributed by atoms with Crippen molar-refractivity contribution in [1.29, 1.82) is 0 Å². The molecule has 1 N–H and O–H groups in total. The summed E-state index contributed by atoms with van der Waals surface area (Å²) in [5.41, 5.74) is 0.0380. The van der Waals surface area contributed by atoms with Crippen LogP contribution in [-0.2, 0) is 25.2 Å². The van der Waals surface area contributed by atoms with Gasteiger partial charge in [-0.1, -0.05) is 12.1 Å². The molecule has 0 fully saturated rings. The Morgan fingerprint density at radius 3 is 2.50 bits per heavy atom. The van der Waals surface area contributed by atoms with Gasteiger partial charge in [-0.2, -0.15) is 5.10 Å². The molecule has 0 radical (unpaired) electrons. The Hall–Kier alpha value is -2.71. The highest BCUT2D eigenvalue weighted by atomic mass is 19.1. The van der Waals surface area contributed by atoms with Crippen molar-refractivity contribution < 1.29 is 18.3 Å². The minimum absolute atomic E-state index is 0.0287. The lowest BCUT2D eigenvalue weighted by Crippen LogP contribution is -2.50. The van der Waals surface area contributed by atoms with Crippen molar-refractivity contribution in [2.75, 3.05) is 0 Å². The Balaban J connectivity index is 1.71. The van der Waals surface area contributed by atoms with Crippen LogP contribution in [0.1, 0.15) is 23.6 Å². The fourth-order valence-corrected chi connectivity index (χ4v) is 3.81. The van der Waals surface area contributed by atoms with Crippen LogP contribution in [0.25, 0.3) is 0 Å².